The topological polar surface area (TPSA) is 28.1 Å². The molecule has 5 heteroatoms. The molecule has 0 aliphatic carbocycles. The molecule has 1 saturated heterocycles. The maximum absolute atomic E-state index is 5.38. The van der Waals surface area contributed by atoms with Crippen molar-refractivity contribution in [1.29, 1.82) is 0 Å². The van der Waals surface area contributed by atoms with E-state index in [1.165, 1.54) is 3.58 Å². The predicted molar refractivity (Wildman–Crippen MR) is 71.1 cm³/mol. The Hall–Kier alpha value is -0.560. The number of hydrogen-bond acceptors (Lipinski definition) is 4. The van der Waals surface area contributed by atoms with Crippen LogP contribution in [0.3, 0.4) is 0 Å². The molecule has 4 nitrogen and oxygen atoms in total. The van der Waals surface area contributed by atoms with Crippen LogP contribution in [-0.4, -0.2) is 41.7 Å². The van der Waals surface area contributed by atoms with Crippen LogP contribution < -0.4 is 0 Å². The van der Waals surface area contributed by atoms with Crippen molar-refractivity contribution in [2.75, 3.05) is 19.9 Å². The lowest BCUT2D eigenvalue weighted by molar-refractivity contribution is 0.0327. The van der Waals surface area contributed by atoms with E-state index >= 15 is 0 Å². The zero-order valence-electron chi connectivity index (χ0n) is 8.97. The summed E-state index contributed by atoms with van der Waals surface area (Å²) in [6.45, 7) is 2.63. The number of ether oxygens (including phenoxy) is 1. The average molecular weight is 331 g/mol. The summed E-state index contributed by atoms with van der Waals surface area (Å²) in [7, 11) is 0. The van der Waals surface area contributed by atoms with E-state index in [0.717, 1.165) is 38.6 Å². The van der Waals surface area contributed by atoms with Gasteiger partial charge in [-0.3, -0.25) is 5.01 Å². The van der Waals surface area contributed by atoms with Gasteiger partial charge in [-0.1, -0.05) is 0 Å². The number of hydrogen-bond donors (Lipinski definition) is 0. The fourth-order valence-electron chi connectivity index (χ4n) is 2.20. The van der Waals surface area contributed by atoms with Crippen molar-refractivity contribution >= 4 is 28.4 Å². The molecule has 0 unspecified atom stereocenters. The fourth-order valence-corrected chi connectivity index (χ4v) is 2.64. The summed E-state index contributed by atoms with van der Waals surface area (Å²) in [6.07, 6.45) is 8.54. The van der Waals surface area contributed by atoms with Crippen molar-refractivity contribution in [3.8, 4) is 0 Å². The molecule has 0 N–H and O–H groups in total. The van der Waals surface area contributed by atoms with Gasteiger partial charge in [-0.05, 0) is 47.6 Å². The van der Waals surface area contributed by atoms with E-state index in [9.17, 15) is 0 Å². The van der Waals surface area contributed by atoms with Gasteiger partial charge in [0.1, 0.15) is 6.67 Å². The Bertz CT molecular complexity index is 371. The van der Waals surface area contributed by atoms with E-state index < -0.39 is 0 Å². The van der Waals surface area contributed by atoms with Crippen LogP contribution in [0.5, 0.6) is 0 Å². The Morgan fingerprint density at radius 2 is 2.19 bits per heavy atom. The number of hydrazone groups is 1. The van der Waals surface area contributed by atoms with Crippen LogP contribution >= 0.6 is 22.6 Å². The molecule has 0 aromatic rings. The Morgan fingerprint density at radius 1 is 1.38 bits per heavy atom. The molecule has 86 valence electrons. The van der Waals surface area contributed by atoms with E-state index in [1.807, 2.05) is 0 Å². The number of fused-ring (bicyclic) bond motifs is 1. The summed E-state index contributed by atoms with van der Waals surface area (Å²) in [5.41, 5.74) is 0. The maximum Gasteiger partial charge on any atom is 0.155 e. The zero-order chi connectivity index (χ0) is 11.0. The van der Waals surface area contributed by atoms with E-state index in [-0.39, 0.29) is 0 Å². The molecule has 0 amide bonds. The van der Waals surface area contributed by atoms with E-state index in [0.29, 0.717) is 6.04 Å². The average Bonchev–Trinajstić information content (AvgIpc) is 2.73. The van der Waals surface area contributed by atoms with Gasteiger partial charge < -0.3 is 9.64 Å². The summed E-state index contributed by atoms with van der Waals surface area (Å²) < 4.78 is 6.62. The molecule has 1 fully saturated rings. The van der Waals surface area contributed by atoms with Crippen LogP contribution in [0.25, 0.3) is 0 Å². The largest absolute Gasteiger partial charge is 0.381 e. The van der Waals surface area contributed by atoms with Crippen LogP contribution in [0.1, 0.15) is 12.8 Å². The van der Waals surface area contributed by atoms with Crippen molar-refractivity contribution in [3.63, 3.8) is 0 Å². The van der Waals surface area contributed by atoms with Crippen molar-refractivity contribution in [2.24, 2.45) is 5.10 Å². The second-order valence-electron chi connectivity index (χ2n) is 4.20. The Kier molecular flexibility index (Phi) is 2.89. The van der Waals surface area contributed by atoms with E-state index in [1.54, 1.807) is 0 Å². The Morgan fingerprint density at radius 3 is 3.00 bits per heavy atom. The van der Waals surface area contributed by atoms with Gasteiger partial charge in [0.25, 0.3) is 0 Å². The smallest absolute Gasteiger partial charge is 0.155 e. The molecule has 0 bridgehead atoms. The molecule has 0 saturated carbocycles. The molecular formula is C11H14IN3O. The lowest BCUT2D eigenvalue weighted by Gasteiger charge is -2.29. The van der Waals surface area contributed by atoms with Gasteiger partial charge >= 0.3 is 0 Å². The summed E-state index contributed by atoms with van der Waals surface area (Å²) in [6, 6.07) is 0.548. The van der Waals surface area contributed by atoms with Gasteiger partial charge in [-0.25, -0.2) is 0 Å². The molecule has 3 heterocycles. The zero-order valence-corrected chi connectivity index (χ0v) is 11.1. The molecule has 3 rings (SSSR count). The first kappa shape index (κ1) is 10.6. The maximum atomic E-state index is 5.38. The first-order valence-electron chi connectivity index (χ1n) is 5.58. The molecule has 0 aromatic carbocycles. The van der Waals surface area contributed by atoms with Crippen molar-refractivity contribution in [1.82, 2.24) is 9.91 Å². The minimum absolute atomic E-state index is 0.548. The summed E-state index contributed by atoms with van der Waals surface area (Å²) >= 11 is 2.32. The highest BCUT2D eigenvalue weighted by Gasteiger charge is 2.28. The van der Waals surface area contributed by atoms with Gasteiger partial charge in [-0.2, -0.15) is 5.10 Å². The standard InChI is InChI=1S/C11H14IN3O/c12-9-1-4-14-8-15(13-11(14)7-9)10-2-5-16-6-3-10/h1,4,7,10H,2-3,5-6,8H2. The number of rotatable bonds is 1. The predicted octanol–water partition coefficient (Wildman–Crippen LogP) is 1.90. The molecule has 3 aliphatic rings. The van der Waals surface area contributed by atoms with Crippen LogP contribution in [-0.2, 0) is 4.74 Å². The SMILES string of the molecule is IC1=CC2=NN(C3CCOCC3)CN2C=C1. The minimum Gasteiger partial charge on any atom is -0.381 e. The lowest BCUT2D eigenvalue weighted by atomic mass is 10.1. The molecule has 0 aromatic heterocycles. The van der Waals surface area contributed by atoms with Crippen LogP contribution in [0.4, 0.5) is 0 Å². The van der Waals surface area contributed by atoms with Gasteiger partial charge in [0.15, 0.2) is 5.84 Å². The van der Waals surface area contributed by atoms with Crippen LogP contribution in [0.15, 0.2) is 27.0 Å². The fraction of sp³-hybridized carbons (Fsp3) is 0.545. The number of allylic oxidation sites excluding steroid dienone is 2. The molecular weight excluding hydrogens is 317 g/mol. The highest BCUT2D eigenvalue weighted by Crippen LogP contribution is 2.24. The van der Waals surface area contributed by atoms with Gasteiger partial charge in [0.05, 0.1) is 6.04 Å². The first-order chi connectivity index (χ1) is 7.83. The molecule has 16 heavy (non-hydrogen) atoms. The van der Waals surface area contributed by atoms with Crippen LogP contribution in [0.2, 0.25) is 0 Å². The third kappa shape index (κ3) is 1.98. The Balaban J connectivity index is 1.74. The summed E-state index contributed by atoms with van der Waals surface area (Å²) in [5.74, 6) is 1.07. The lowest BCUT2D eigenvalue weighted by Crippen LogP contribution is -2.37. The highest BCUT2D eigenvalue weighted by atomic mass is 127. The van der Waals surface area contributed by atoms with Gasteiger partial charge in [0, 0.05) is 23.0 Å². The van der Waals surface area contributed by atoms with Crippen molar-refractivity contribution in [3.05, 3.63) is 21.9 Å². The monoisotopic (exact) mass is 331 g/mol. The number of nitrogens with zero attached hydrogens (tertiary/aromatic N) is 3. The van der Waals surface area contributed by atoms with E-state index in [4.69, 9.17) is 4.74 Å². The molecule has 0 spiro atoms. The first-order valence-corrected chi connectivity index (χ1v) is 6.66. The summed E-state index contributed by atoms with van der Waals surface area (Å²) in [4.78, 5) is 2.19. The quantitative estimate of drug-likeness (QED) is 0.687. The second kappa shape index (κ2) is 4.37. The Labute approximate surface area is 109 Å². The normalized spacial score (nSPS) is 25.6. The number of halogens is 1. The van der Waals surface area contributed by atoms with Crippen LogP contribution in [0, 0.1) is 0 Å². The minimum atomic E-state index is 0.548. The third-order valence-electron chi connectivity index (χ3n) is 3.12. The van der Waals surface area contributed by atoms with Gasteiger partial charge in [0.2, 0.25) is 0 Å². The second-order valence-corrected chi connectivity index (χ2v) is 5.44. The number of amidine groups is 1. The molecule has 0 radical (unpaired) electrons. The molecule has 0 atom stereocenters. The molecule has 3 aliphatic heterocycles. The van der Waals surface area contributed by atoms with Crippen molar-refractivity contribution in [2.45, 2.75) is 18.9 Å². The highest BCUT2D eigenvalue weighted by molar-refractivity contribution is 14.1. The van der Waals surface area contributed by atoms with Gasteiger partial charge in [-0.15, -0.1) is 0 Å². The summed E-state index contributed by atoms with van der Waals surface area (Å²) in [5, 5.41) is 6.87. The third-order valence-corrected chi connectivity index (χ3v) is 3.79. The van der Waals surface area contributed by atoms with Crippen molar-refractivity contribution < 1.29 is 4.74 Å². The van der Waals surface area contributed by atoms with E-state index in [2.05, 4.69) is 56.0 Å².